The van der Waals surface area contributed by atoms with E-state index in [2.05, 4.69) is 13.8 Å². The zero-order chi connectivity index (χ0) is 12.8. The monoisotopic (exact) mass is 242 g/mol. The van der Waals surface area contributed by atoms with Crippen molar-refractivity contribution in [1.82, 2.24) is 0 Å². The first-order valence-corrected chi connectivity index (χ1v) is 7.46. The third-order valence-corrected chi connectivity index (χ3v) is 3.00. The summed E-state index contributed by atoms with van der Waals surface area (Å²) in [5.74, 6) is -0.0187. The van der Waals surface area contributed by atoms with E-state index in [0.717, 1.165) is 19.3 Å². The molecule has 102 valence electrons. The zero-order valence-corrected chi connectivity index (χ0v) is 11.8. The van der Waals surface area contributed by atoms with Gasteiger partial charge in [-0.2, -0.15) is 0 Å². The van der Waals surface area contributed by atoms with E-state index >= 15 is 0 Å². The fourth-order valence-electron chi connectivity index (χ4n) is 1.82. The van der Waals surface area contributed by atoms with E-state index in [1.165, 1.54) is 44.9 Å². The van der Waals surface area contributed by atoms with Crippen molar-refractivity contribution >= 4 is 5.97 Å². The Morgan fingerprint density at radius 2 is 1.29 bits per heavy atom. The predicted octanol–water partition coefficient (Wildman–Crippen LogP) is 4.86. The Bertz CT molecular complexity index is 166. The van der Waals surface area contributed by atoms with Crippen LogP contribution in [-0.4, -0.2) is 12.6 Å². The maximum atomic E-state index is 11.2. The first kappa shape index (κ1) is 16.5. The molecule has 0 aliphatic rings. The Labute approximate surface area is 107 Å². The highest BCUT2D eigenvalue weighted by atomic mass is 16.5. The first-order chi connectivity index (χ1) is 8.31. The topological polar surface area (TPSA) is 26.3 Å². The molecule has 0 aliphatic carbocycles. The number of hydrogen-bond acceptors (Lipinski definition) is 2. The summed E-state index contributed by atoms with van der Waals surface area (Å²) in [6, 6.07) is 0. The van der Waals surface area contributed by atoms with Crippen molar-refractivity contribution in [3.05, 3.63) is 0 Å². The fraction of sp³-hybridized carbons (Fsp3) is 0.933. The molecule has 0 saturated carbocycles. The van der Waals surface area contributed by atoms with Gasteiger partial charge in [-0.05, 0) is 12.8 Å². The number of hydrogen-bond donors (Lipinski definition) is 0. The lowest BCUT2D eigenvalue weighted by Crippen LogP contribution is -2.05. The quantitative estimate of drug-likeness (QED) is 0.361. The fourth-order valence-corrected chi connectivity index (χ4v) is 1.82. The van der Waals surface area contributed by atoms with Gasteiger partial charge >= 0.3 is 5.97 Å². The molecular weight excluding hydrogens is 212 g/mol. The van der Waals surface area contributed by atoms with Crippen LogP contribution in [0.3, 0.4) is 0 Å². The van der Waals surface area contributed by atoms with Crippen LogP contribution >= 0.6 is 0 Å². The molecule has 0 radical (unpaired) electrons. The second-order valence-electron chi connectivity index (χ2n) is 4.80. The summed E-state index contributed by atoms with van der Waals surface area (Å²) in [5.41, 5.74) is 0. The summed E-state index contributed by atoms with van der Waals surface area (Å²) in [7, 11) is 0. The van der Waals surface area contributed by atoms with Gasteiger partial charge in [0, 0.05) is 6.42 Å². The smallest absolute Gasteiger partial charge is 0.305 e. The molecule has 0 aliphatic heterocycles. The molecule has 0 spiro atoms. The van der Waals surface area contributed by atoms with E-state index in [1.807, 2.05) is 0 Å². The molecule has 0 saturated heterocycles. The molecular formula is C15H30O2. The SMILES string of the molecule is CCCCCCCCCCOC(=O)CCCC. The van der Waals surface area contributed by atoms with Gasteiger partial charge in [-0.1, -0.05) is 65.2 Å². The maximum absolute atomic E-state index is 11.2. The molecule has 0 heterocycles. The van der Waals surface area contributed by atoms with Gasteiger partial charge in [-0.25, -0.2) is 0 Å². The highest BCUT2D eigenvalue weighted by Gasteiger charge is 2.00. The number of rotatable bonds is 12. The summed E-state index contributed by atoms with van der Waals surface area (Å²) in [6.07, 6.45) is 12.9. The molecule has 0 aromatic heterocycles. The van der Waals surface area contributed by atoms with E-state index < -0.39 is 0 Å². The van der Waals surface area contributed by atoms with Gasteiger partial charge in [-0.15, -0.1) is 0 Å². The Balaban J connectivity index is 3.05. The van der Waals surface area contributed by atoms with Crippen molar-refractivity contribution in [2.24, 2.45) is 0 Å². The Hall–Kier alpha value is -0.530. The van der Waals surface area contributed by atoms with Crippen LogP contribution in [0.5, 0.6) is 0 Å². The molecule has 17 heavy (non-hydrogen) atoms. The summed E-state index contributed by atoms with van der Waals surface area (Å²) >= 11 is 0. The van der Waals surface area contributed by atoms with Gasteiger partial charge in [0.15, 0.2) is 0 Å². The van der Waals surface area contributed by atoms with Crippen LogP contribution in [-0.2, 0) is 9.53 Å². The standard InChI is InChI=1S/C15H30O2/c1-3-5-7-8-9-10-11-12-14-17-15(16)13-6-4-2/h3-14H2,1-2H3. The minimum atomic E-state index is -0.0187. The van der Waals surface area contributed by atoms with E-state index in [1.54, 1.807) is 0 Å². The highest BCUT2D eigenvalue weighted by Crippen LogP contribution is 2.08. The minimum Gasteiger partial charge on any atom is -0.466 e. The number of carbonyl (C=O) groups excluding carboxylic acids is 1. The number of carbonyl (C=O) groups is 1. The van der Waals surface area contributed by atoms with Crippen molar-refractivity contribution in [3.8, 4) is 0 Å². The molecule has 0 bridgehead atoms. The zero-order valence-electron chi connectivity index (χ0n) is 11.8. The van der Waals surface area contributed by atoms with Crippen LogP contribution < -0.4 is 0 Å². The summed E-state index contributed by atoms with van der Waals surface area (Å²) in [6.45, 7) is 4.95. The Kier molecular flexibility index (Phi) is 13.1. The van der Waals surface area contributed by atoms with Crippen molar-refractivity contribution in [1.29, 1.82) is 0 Å². The summed E-state index contributed by atoms with van der Waals surface area (Å²) < 4.78 is 5.15. The van der Waals surface area contributed by atoms with E-state index in [9.17, 15) is 4.79 Å². The molecule has 2 heteroatoms. The molecule has 0 amide bonds. The highest BCUT2D eigenvalue weighted by molar-refractivity contribution is 5.69. The van der Waals surface area contributed by atoms with E-state index in [-0.39, 0.29) is 5.97 Å². The third-order valence-electron chi connectivity index (χ3n) is 3.00. The van der Waals surface area contributed by atoms with Crippen LogP contribution in [0.4, 0.5) is 0 Å². The van der Waals surface area contributed by atoms with Gasteiger partial charge in [0.2, 0.25) is 0 Å². The van der Waals surface area contributed by atoms with Gasteiger partial charge in [-0.3, -0.25) is 4.79 Å². The second kappa shape index (κ2) is 13.5. The lowest BCUT2D eigenvalue weighted by Gasteiger charge is -2.04. The summed E-state index contributed by atoms with van der Waals surface area (Å²) in [5, 5.41) is 0. The van der Waals surface area contributed by atoms with Crippen LogP contribution in [0, 0.1) is 0 Å². The molecule has 0 atom stereocenters. The Morgan fingerprint density at radius 1 is 0.765 bits per heavy atom. The lowest BCUT2D eigenvalue weighted by molar-refractivity contribution is -0.143. The van der Waals surface area contributed by atoms with Crippen molar-refractivity contribution in [2.75, 3.05) is 6.61 Å². The first-order valence-electron chi connectivity index (χ1n) is 7.46. The lowest BCUT2D eigenvalue weighted by atomic mass is 10.1. The normalized spacial score (nSPS) is 10.5. The van der Waals surface area contributed by atoms with E-state index in [0.29, 0.717) is 13.0 Å². The van der Waals surface area contributed by atoms with Crippen molar-refractivity contribution in [3.63, 3.8) is 0 Å². The maximum Gasteiger partial charge on any atom is 0.305 e. The number of ether oxygens (including phenoxy) is 1. The predicted molar refractivity (Wildman–Crippen MR) is 73.1 cm³/mol. The molecule has 0 aromatic carbocycles. The Morgan fingerprint density at radius 3 is 1.88 bits per heavy atom. The minimum absolute atomic E-state index is 0.0187. The van der Waals surface area contributed by atoms with E-state index in [4.69, 9.17) is 4.74 Å². The molecule has 0 aromatic rings. The molecule has 2 nitrogen and oxygen atoms in total. The van der Waals surface area contributed by atoms with Gasteiger partial charge in [0.25, 0.3) is 0 Å². The van der Waals surface area contributed by atoms with Crippen molar-refractivity contribution in [2.45, 2.75) is 84.5 Å². The summed E-state index contributed by atoms with van der Waals surface area (Å²) in [4.78, 5) is 11.2. The largest absolute Gasteiger partial charge is 0.466 e. The van der Waals surface area contributed by atoms with Crippen LogP contribution in [0.25, 0.3) is 0 Å². The second-order valence-corrected chi connectivity index (χ2v) is 4.80. The number of unbranched alkanes of at least 4 members (excludes halogenated alkanes) is 8. The van der Waals surface area contributed by atoms with Crippen LogP contribution in [0.1, 0.15) is 84.5 Å². The van der Waals surface area contributed by atoms with Crippen LogP contribution in [0.15, 0.2) is 0 Å². The molecule has 0 unspecified atom stereocenters. The average Bonchev–Trinajstić information content (AvgIpc) is 2.34. The van der Waals surface area contributed by atoms with Gasteiger partial charge in [0.05, 0.1) is 6.61 Å². The molecule has 0 N–H and O–H groups in total. The molecule has 0 rings (SSSR count). The average molecular weight is 242 g/mol. The van der Waals surface area contributed by atoms with Crippen molar-refractivity contribution < 1.29 is 9.53 Å². The number of esters is 1. The van der Waals surface area contributed by atoms with Gasteiger partial charge < -0.3 is 4.74 Å². The molecule has 0 fully saturated rings. The van der Waals surface area contributed by atoms with Gasteiger partial charge in [0.1, 0.15) is 0 Å². The van der Waals surface area contributed by atoms with Crippen LogP contribution in [0.2, 0.25) is 0 Å². The third kappa shape index (κ3) is 13.4.